The van der Waals surface area contributed by atoms with Crippen LogP contribution >= 0.6 is 0 Å². The first-order valence-corrected chi connectivity index (χ1v) is 3.20. The molecule has 0 bridgehead atoms. The van der Waals surface area contributed by atoms with Crippen LogP contribution in [0.4, 0.5) is 26.3 Å². The van der Waals surface area contributed by atoms with Gasteiger partial charge in [0.25, 0.3) is 0 Å². The van der Waals surface area contributed by atoms with Crippen molar-refractivity contribution in [3.8, 4) is 5.75 Å². The molecule has 0 aliphatic rings. The quantitative estimate of drug-likeness (QED) is 0.517. The average Bonchev–Trinajstić information content (AvgIpc) is 2.04. The summed E-state index contributed by atoms with van der Waals surface area (Å²) in [6.07, 6.45) is -5.15. The molecule has 0 amide bonds. The average molecular weight is 216 g/mol. The summed E-state index contributed by atoms with van der Waals surface area (Å²) in [6.45, 7) is 0. The fourth-order valence-corrected chi connectivity index (χ4v) is 0.712. The van der Waals surface area contributed by atoms with Crippen LogP contribution in [0.5, 0.6) is 5.75 Å². The van der Waals surface area contributed by atoms with Gasteiger partial charge in [-0.05, 0) is 12.1 Å². The predicted molar refractivity (Wildman–Crippen MR) is 33.0 cm³/mol. The van der Waals surface area contributed by atoms with E-state index in [4.69, 9.17) is 0 Å². The Hall–Kier alpha value is -1.40. The second-order valence-corrected chi connectivity index (χ2v) is 2.22. The Morgan fingerprint density at radius 3 is 2.00 bits per heavy atom. The van der Waals surface area contributed by atoms with Gasteiger partial charge in [-0.3, -0.25) is 0 Å². The number of benzene rings is 1. The number of ether oxygens (including phenoxy) is 1. The van der Waals surface area contributed by atoms with E-state index in [0.29, 0.717) is 12.1 Å². The second kappa shape index (κ2) is 3.39. The number of alkyl halides is 3. The van der Waals surface area contributed by atoms with E-state index in [9.17, 15) is 26.3 Å². The van der Waals surface area contributed by atoms with Gasteiger partial charge in [0.05, 0.1) is 0 Å². The molecule has 0 unspecified atom stereocenters. The Labute approximate surface area is 73.9 Å². The monoisotopic (exact) mass is 216 g/mol. The predicted octanol–water partition coefficient (Wildman–Crippen LogP) is 3.00. The summed E-state index contributed by atoms with van der Waals surface area (Å²) >= 11 is 0. The van der Waals surface area contributed by atoms with E-state index in [2.05, 4.69) is 4.74 Å². The summed E-state index contributed by atoms with van der Waals surface area (Å²) in [4.78, 5) is 0. The van der Waals surface area contributed by atoms with Crippen LogP contribution < -0.4 is 4.74 Å². The Morgan fingerprint density at radius 1 is 0.929 bits per heavy atom. The maximum absolute atomic E-state index is 12.6. The smallest absolute Gasteiger partial charge is 0.403 e. The highest BCUT2D eigenvalue weighted by molar-refractivity contribution is 5.26. The van der Waals surface area contributed by atoms with Crippen LogP contribution in [0.15, 0.2) is 12.1 Å². The first kappa shape index (κ1) is 10.7. The molecule has 0 heterocycles. The molecule has 0 aromatic heterocycles. The third-order valence-corrected chi connectivity index (χ3v) is 1.23. The molecule has 1 aromatic rings. The summed E-state index contributed by atoms with van der Waals surface area (Å²) in [5, 5.41) is 0. The van der Waals surface area contributed by atoms with Gasteiger partial charge >= 0.3 is 6.36 Å². The minimum atomic E-state index is -5.15. The number of halogens is 6. The molecule has 0 spiro atoms. The van der Waals surface area contributed by atoms with Crippen LogP contribution in [0.1, 0.15) is 0 Å². The fraction of sp³-hybridized carbons (Fsp3) is 0.143. The molecule has 0 N–H and O–H groups in total. The molecule has 78 valence electrons. The molecule has 1 aromatic carbocycles. The van der Waals surface area contributed by atoms with Gasteiger partial charge in [-0.1, -0.05) is 0 Å². The second-order valence-electron chi connectivity index (χ2n) is 2.22. The molecule has 0 fully saturated rings. The summed E-state index contributed by atoms with van der Waals surface area (Å²) in [5.41, 5.74) is 0. The van der Waals surface area contributed by atoms with E-state index in [0.717, 1.165) is 0 Å². The van der Waals surface area contributed by atoms with Crippen molar-refractivity contribution < 1.29 is 31.1 Å². The largest absolute Gasteiger partial charge is 0.573 e. The first-order chi connectivity index (χ1) is 6.31. The van der Waals surface area contributed by atoms with Crippen LogP contribution in [-0.2, 0) is 0 Å². The highest BCUT2D eigenvalue weighted by atomic mass is 19.4. The van der Waals surface area contributed by atoms with Crippen molar-refractivity contribution in [3.05, 3.63) is 29.6 Å². The van der Waals surface area contributed by atoms with Gasteiger partial charge < -0.3 is 4.74 Å². The van der Waals surface area contributed by atoms with Crippen molar-refractivity contribution in [1.29, 1.82) is 0 Å². The number of rotatable bonds is 1. The molecule has 1 rings (SSSR count). The third kappa shape index (κ3) is 2.30. The Balaban J connectivity index is 3.06. The number of hydrogen-bond acceptors (Lipinski definition) is 1. The lowest BCUT2D eigenvalue weighted by Crippen LogP contribution is -2.18. The number of hydrogen-bond donors (Lipinski definition) is 0. The van der Waals surface area contributed by atoms with Crippen molar-refractivity contribution in [2.24, 2.45) is 0 Å². The molecule has 7 heteroatoms. The Kier molecular flexibility index (Phi) is 2.59. The highest BCUT2D eigenvalue weighted by Gasteiger charge is 2.33. The SMILES string of the molecule is Fc1ccc(OC(F)(F)F)c(F)c1F. The molecule has 0 atom stereocenters. The van der Waals surface area contributed by atoms with E-state index < -0.39 is 29.6 Å². The van der Waals surface area contributed by atoms with Crippen molar-refractivity contribution in [2.75, 3.05) is 0 Å². The van der Waals surface area contributed by atoms with Crippen LogP contribution in [0.25, 0.3) is 0 Å². The fourth-order valence-electron chi connectivity index (χ4n) is 0.712. The third-order valence-electron chi connectivity index (χ3n) is 1.23. The molecule has 14 heavy (non-hydrogen) atoms. The lowest BCUT2D eigenvalue weighted by Gasteiger charge is -2.09. The van der Waals surface area contributed by atoms with Gasteiger partial charge in [-0.25, -0.2) is 8.78 Å². The zero-order valence-electron chi connectivity index (χ0n) is 6.33. The Morgan fingerprint density at radius 2 is 1.50 bits per heavy atom. The van der Waals surface area contributed by atoms with E-state index >= 15 is 0 Å². The standard InChI is InChI=1S/C7H2F6O/c8-3-1-2-4(6(10)5(3)9)14-7(11,12)13/h1-2H. The van der Waals surface area contributed by atoms with Crippen LogP contribution in [-0.4, -0.2) is 6.36 Å². The van der Waals surface area contributed by atoms with Gasteiger partial charge in [0, 0.05) is 0 Å². The summed E-state index contributed by atoms with van der Waals surface area (Å²) in [6, 6.07) is 0.681. The Bertz CT molecular complexity index is 345. The van der Waals surface area contributed by atoms with Crippen LogP contribution in [0.2, 0.25) is 0 Å². The molecular weight excluding hydrogens is 214 g/mol. The van der Waals surface area contributed by atoms with Crippen LogP contribution in [0, 0.1) is 17.5 Å². The molecule has 0 aliphatic carbocycles. The van der Waals surface area contributed by atoms with E-state index in [1.54, 1.807) is 0 Å². The summed E-state index contributed by atoms with van der Waals surface area (Å²) in [7, 11) is 0. The van der Waals surface area contributed by atoms with Gasteiger partial charge in [-0.15, -0.1) is 13.2 Å². The van der Waals surface area contributed by atoms with Crippen molar-refractivity contribution in [1.82, 2.24) is 0 Å². The minimum absolute atomic E-state index is 0.333. The minimum Gasteiger partial charge on any atom is -0.403 e. The zero-order valence-corrected chi connectivity index (χ0v) is 6.33. The normalized spacial score (nSPS) is 11.6. The maximum Gasteiger partial charge on any atom is 0.573 e. The van der Waals surface area contributed by atoms with Crippen molar-refractivity contribution in [3.63, 3.8) is 0 Å². The molecule has 0 saturated heterocycles. The van der Waals surface area contributed by atoms with Crippen molar-refractivity contribution >= 4 is 0 Å². The van der Waals surface area contributed by atoms with Crippen molar-refractivity contribution in [2.45, 2.75) is 6.36 Å². The summed E-state index contributed by atoms with van der Waals surface area (Å²) in [5.74, 6) is -7.01. The molecular formula is C7H2F6O. The van der Waals surface area contributed by atoms with Gasteiger partial charge in [0.2, 0.25) is 5.82 Å². The molecule has 0 aliphatic heterocycles. The lowest BCUT2D eigenvalue weighted by molar-refractivity contribution is -0.275. The maximum atomic E-state index is 12.6. The first-order valence-electron chi connectivity index (χ1n) is 3.20. The molecule has 1 nitrogen and oxygen atoms in total. The van der Waals surface area contributed by atoms with Gasteiger partial charge in [0.1, 0.15) is 0 Å². The van der Waals surface area contributed by atoms with Gasteiger partial charge in [-0.2, -0.15) is 4.39 Å². The van der Waals surface area contributed by atoms with Gasteiger partial charge in [0.15, 0.2) is 17.4 Å². The zero-order chi connectivity index (χ0) is 10.9. The van der Waals surface area contributed by atoms with E-state index in [1.165, 1.54) is 0 Å². The topological polar surface area (TPSA) is 9.23 Å². The van der Waals surface area contributed by atoms with Crippen LogP contribution in [0.3, 0.4) is 0 Å². The highest BCUT2D eigenvalue weighted by Crippen LogP contribution is 2.27. The lowest BCUT2D eigenvalue weighted by atomic mass is 10.3. The van der Waals surface area contributed by atoms with E-state index in [-0.39, 0.29) is 0 Å². The summed E-state index contributed by atoms with van der Waals surface area (Å²) < 4.78 is 74.9. The molecule has 0 radical (unpaired) electrons. The molecule has 0 saturated carbocycles. The van der Waals surface area contributed by atoms with E-state index in [1.807, 2.05) is 0 Å².